The summed E-state index contributed by atoms with van der Waals surface area (Å²) < 4.78 is 14.1. The number of benzene rings is 2. The lowest BCUT2D eigenvalue weighted by atomic mass is 9.88. The lowest BCUT2D eigenvalue weighted by molar-refractivity contribution is -0.120. The largest absolute Gasteiger partial charge is 0.478 e. The summed E-state index contributed by atoms with van der Waals surface area (Å²) in [6.45, 7) is 0. The fourth-order valence-electron chi connectivity index (χ4n) is 3.27. The highest BCUT2D eigenvalue weighted by Crippen LogP contribution is 2.26. The van der Waals surface area contributed by atoms with Gasteiger partial charge in [0.1, 0.15) is 5.82 Å². The number of amides is 2. The lowest BCUT2D eigenvalue weighted by Crippen LogP contribution is -2.25. The number of carboxylic acid groups (broad SMARTS) is 1. The molecule has 1 aliphatic carbocycles. The Morgan fingerprint density at radius 1 is 0.893 bits per heavy atom. The number of hydrogen-bond acceptors (Lipinski definition) is 3. The van der Waals surface area contributed by atoms with E-state index in [9.17, 15) is 18.8 Å². The van der Waals surface area contributed by atoms with Crippen LogP contribution in [0.4, 0.5) is 15.8 Å². The maximum absolute atomic E-state index is 14.1. The summed E-state index contributed by atoms with van der Waals surface area (Å²) >= 11 is 0. The fraction of sp³-hybridized carbons (Fsp3) is 0.286. The van der Waals surface area contributed by atoms with Gasteiger partial charge in [0.05, 0.1) is 11.3 Å². The van der Waals surface area contributed by atoms with Crippen molar-refractivity contribution in [3.8, 4) is 0 Å². The van der Waals surface area contributed by atoms with Crippen molar-refractivity contribution in [1.29, 1.82) is 0 Å². The molecule has 0 radical (unpaired) electrons. The van der Waals surface area contributed by atoms with Gasteiger partial charge >= 0.3 is 5.97 Å². The van der Waals surface area contributed by atoms with Gasteiger partial charge in [-0.15, -0.1) is 0 Å². The van der Waals surface area contributed by atoms with Crippen molar-refractivity contribution < 1.29 is 23.9 Å². The molecule has 1 fully saturated rings. The Kier molecular flexibility index (Phi) is 6.03. The van der Waals surface area contributed by atoms with Gasteiger partial charge in [-0.2, -0.15) is 0 Å². The molecule has 1 aliphatic rings. The Morgan fingerprint density at radius 2 is 1.54 bits per heavy atom. The lowest BCUT2D eigenvalue weighted by Gasteiger charge is -2.21. The number of aromatic carboxylic acids is 1. The van der Waals surface area contributed by atoms with E-state index in [-0.39, 0.29) is 28.6 Å². The number of carboxylic acids is 1. The van der Waals surface area contributed by atoms with Crippen LogP contribution in [0.15, 0.2) is 42.5 Å². The third-order valence-corrected chi connectivity index (χ3v) is 4.85. The van der Waals surface area contributed by atoms with E-state index in [4.69, 9.17) is 5.11 Å². The maximum atomic E-state index is 14.1. The molecule has 2 aromatic carbocycles. The molecule has 2 aromatic rings. The first-order chi connectivity index (χ1) is 13.4. The number of carbonyl (C=O) groups excluding carboxylic acids is 2. The van der Waals surface area contributed by atoms with Crippen molar-refractivity contribution in [3.05, 3.63) is 59.4 Å². The molecule has 0 atom stereocenters. The predicted molar refractivity (Wildman–Crippen MR) is 103 cm³/mol. The van der Waals surface area contributed by atoms with Crippen molar-refractivity contribution >= 4 is 29.2 Å². The Morgan fingerprint density at radius 3 is 2.18 bits per heavy atom. The first-order valence-electron chi connectivity index (χ1n) is 9.19. The minimum absolute atomic E-state index is 0.0228. The molecule has 7 heteroatoms. The molecule has 28 heavy (non-hydrogen) atoms. The van der Waals surface area contributed by atoms with Gasteiger partial charge in [-0.25, -0.2) is 9.18 Å². The van der Waals surface area contributed by atoms with Crippen LogP contribution in [0.1, 0.15) is 52.8 Å². The highest BCUT2D eigenvalue weighted by Gasteiger charge is 2.22. The molecule has 0 saturated heterocycles. The standard InChI is InChI=1S/C21H21FN2O4/c22-17-11-10-16(12-18(17)24-20(26)13-4-2-1-3-5-13)23-19(25)14-6-8-15(9-7-14)21(27)28/h6-13H,1-5H2,(H,23,25)(H,24,26)(H,27,28). The molecule has 2 amide bonds. The van der Waals surface area contributed by atoms with Crippen molar-refractivity contribution in [2.45, 2.75) is 32.1 Å². The van der Waals surface area contributed by atoms with E-state index in [1.807, 2.05) is 0 Å². The van der Waals surface area contributed by atoms with E-state index in [0.29, 0.717) is 5.69 Å². The molecule has 0 aromatic heterocycles. The van der Waals surface area contributed by atoms with Gasteiger partial charge < -0.3 is 15.7 Å². The Bertz CT molecular complexity index is 890. The summed E-state index contributed by atoms with van der Waals surface area (Å²) in [5, 5.41) is 14.1. The van der Waals surface area contributed by atoms with Gasteiger partial charge in [0, 0.05) is 17.2 Å². The Hall–Kier alpha value is -3.22. The molecule has 0 heterocycles. The fourth-order valence-corrected chi connectivity index (χ4v) is 3.27. The third-order valence-electron chi connectivity index (χ3n) is 4.85. The number of carbonyl (C=O) groups is 3. The van der Waals surface area contributed by atoms with Crippen LogP contribution in [-0.4, -0.2) is 22.9 Å². The molecule has 0 unspecified atom stereocenters. The molecule has 0 aliphatic heterocycles. The zero-order valence-electron chi connectivity index (χ0n) is 15.2. The van der Waals surface area contributed by atoms with Crippen LogP contribution < -0.4 is 10.6 Å². The molecule has 3 N–H and O–H groups in total. The normalized spacial score (nSPS) is 14.3. The van der Waals surface area contributed by atoms with E-state index in [1.54, 1.807) is 0 Å². The van der Waals surface area contributed by atoms with E-state index in [0.717, 1.165) is 32.1 Å². The summed E-state index contributed by atoms with van der Waals surface area (Å²) in [6.07, 6.45) is 4.72. The molecule has 0 spiro atoms. The molecular weight excluding hydrogens is 363 g/mol. The molecule has 146 valence electrons. The third kappa shape index (κ3) is 4.73. The van der Waals surface area contributed by atoms with Gasteiger partial charge in [-0.05, 0) is 55.3 Å². The number of anilines is 2. The SMILES string of the molecule is O=C(O)c1ccc(C(=O)Nc2ccc(F)c(NC(=O)C3CCCCC3)c2)cc1. The second-order valence-electron chi connectivity index (χ2n) is 6.86. The molecule has 3 rings (SSSR count). The van der Waals surface area contributed by atoms with Crippen LogP contribution in [0, 0.1) is 11.7 Å². The highest BCUT2D eigenvalue weighted by molar-refractivity contribution is 6.05. The predicted octanol–water partition coefficient (Wildman–Crippen LogP) is 4.30. The van der Waals surface area contributed by atoms with Crippen LogP contribution in [0.5, 0.6) is 0 Å². The zero-order chi connectivity index (χ0) is 20.1. The summed E-state index contributed by atoms with van der Waals surface area (Å²) in [6, 6.07) is 9.41. The highest BCUT2D eigenvalue weighted by atomic mass is 19.1. The Labute approximate surface area is 161 Å². The van der Waals surface area contributed by atoms with Crippen LogP contribution >= 0.6 is 0 Å². The van der Waals surface area contributed by atoms with Crippen molar-refractivity contribution in [3.63, 3.8) is 0 Å². The molecule has 1 saturated carbocycles. The summed E-state index contributed by atoms with van der Waals surface area (Å²) in [4.78, 5) is 35.5. The smallest absolute Gasteiger partial charge is 0.335 e. The minimum Gasteiger partial charge on any atom is -0.478 e. The van der Waals surface area contributed by atoms with Crippen LogP contribution in [0.25, 0.3) is 0 Å². The van der Waals surface area contributed by atoms with E-state index < -0.39 is 17.7 Å². The van der Waals surface area contributed by atoms with E-state index >= 15 is 0 Å². The van der Waals surface area contributed by atoms with Crippen LogP contribution in [0.2, 0.25) is 0 Å². The zero-order valence-corrected chi connectivity index (χ0v) is 15.2. The van der Waals surface area contributed by atoms with E-state index in [2.05, 4.69) is 10.6 Å². The first-order valence-corrected chi connectivity index (χ1v) is 9.19. The first kappa shape index (κ1) is 19.5. The van der Waals surface area contributed by atoms with Crippen LogP contribution in [0.3, 0.4) is 0 Å². The van der Waals surface area contributed by atoms with Crippen LogP contribution in [-0.2, 0) is 4.79 Å². The van der Waals surface area contributed by atoms with Gasteiger partial charge in [0.25, 0.3) is 5.91 Å². The number of hydrogen-bond donors (Lipinski definition) is 3. The van der Waals surface area contributed by atoms with Crippen molar-refractivity contribution in [2.24, 2.45) is 5.92 Å². The Balaban J connectivity index is 1.69. The average Bonchev–Trinajstić information content (AvgIpc) is 2.71. The minimum atomic E-state index is -1.08. The second kappa shape index (κ2) is 8.65. The van der Waals surface area contributed by atoms with Gasteiger partial charge in [0.2, 0.25) is 5.91 Å². The van der Waals surface area contributed by atoms with E-state index in [1.165, 1.54) is 42.5 Å². The summed E-state index contributed by atoms with van der Waals surface area (Å²) in [7, 11) is 0. The summed E-state index contributed by atoms with van der Waals surface area (Å²) in [5.74, 6) is -2.43. The number of rotatable bonds is 5. The number of halogens is 1. The van der Waals surface area contributed by atoms with Crippen molar-refractivity contribution in [1.82, 2.24) is 0 Å². The maximum Gasteiger partial charge on any atom is 0.335 e. The number of nitrogens with one attached hydrogen (secondary N) is 2. The molecule has 0 bridgehead atoms. The molecule has 6 nitrogen and oxygen atoms in total. The molecular formula is C21H21FN2O4. The monoisotopic (exact) mass is 384 g/mol. The summed E-state index contributed by atoms with van der Waals surface area (Å²) in [5.41, 5.74) is 0.690. The topological polar surface area (TPSA) is 95.5 Å². The average molecular weight is 384 g/mol. The van der Waals surface area contributed by atoms with Gasteiger partial charge in [-0.3, -0.25) is 9.59 Å². The van der Waals surface area contributed by atoms with Gasteiger partial charge in [0.15, 0.2) is 0 Å². The second-order valence-corrected chi connectivity index (χ2v) is 6.86. The van der Waals surface area contributed by atoms with Crippen molar-refractivity contribution in [2.75, 3.05) is 10.6 Å². The quantitative estimate of drug-likeness (QED) is 0.716. The van der Waals surface area contributed by atoms with Gasteiger partial charge in [-0.1, -0.05) is 19.3 Å².